The van der Waals surface area contributed by atoms with Gasteiger partial charge in [-0.2, -0.15) is 0 Å². The number of hydrogen-bond acceptors (Lipinski definition) is 4. The van der Waals surface area contributed by atoms with Gasteiger partial charge in [-0.05, 0) is 6.92 Å². The molecule has 7 heteroatoms. The van der Waals surface area contributed by atoms with Gasteiger partial charge in [0.05, 0.1) is 17.2 Å². The number of hydrogen-bond donors (Lipinski definition) is 2. The summed E-state index contributed by atoms with van der Waals surface area (Å²) in [4.78, 5) is 27.0. The lowest BCUT2D eigenvalue weighted by atomic mass is 10.5. The minimum absolute atomic E-state index is 0.313. The number of carbonyl (C=O) groups excluding carboxylic acids is 1. The predicted octanol–water partition coefficient (Wildman–Crippen LogP) is 0.678. The van der Waals surface area contributed by atoms with Crippen LogP contribution in [-0.4, -0.2) is 40.6 Å². The minimum atomic E-state index is -1.04. The Balaban J connectivity index is 2.37. The molecule has 1 aromatic rings. The van der Waals surface area contributed by atoms with E-state index in [4.69, 9.17) is 5.11 Å². The zero-order valence-corrected chi connectivity index (χ0v) is 9.87. The summed E-state index contributed by atoms with van der Waals surface area (Å²) in [5, 5.41) is 13.9. The van der Waals surface area contributed by atoms with Gasteiger partial charge in [0.15, 0.2) is 0 Å². The van der Waals surface area contributed by atoms with Crippen LogP contribution in [0, 0.1) is 6.92 Å². The first-order valence-electron chi connectivity index (χ1n) is 4.61. The van der Waals surface area contributed by atoms with E-state index in [1.807, 2.05) is 12.3 Å². The fourth-order valence-corrected chi connectivity index (χ4v) is 1.68. The maximum Gasteiger partial charge on any atom is 0.323 e. The highest BCUT2D eigenvalue weighted by Crippen LogP contribution is 2.07. The first-order valence-corrected chi connectivity index (χ1v) is 5.48. The van der Waals surface area contributed by atoms with Crippen molar-refractivity contribution in [3.8, 4) is 0 Å². The zero-order chi connectivity index (χ0) is 12.1. The summed E-state index contributed by atoms with van der Waals surface area (Å²) in [6.07, 6.45) is 0. The molecule has 0 spiro atoms. The molecule has 0 saturated heterocycles. The van der Waals surface area contributed by atoms with E-state index in [2.05, 4.69) is 10.3 Å². The second-order valence-corrected chi connectivity index (χ2v) is 4.33. The fourth-order valence-electron chi connectivity index (χ4n) is 1.07. The lowest BCUT2D eigenvalue weighted by Crippen LogP contribution is -2.39. The number of thiazole rings is 1. The smallest absolute Gasteiger partial charge is 0.323 e. The van der Waals surface area contributed by atoms with Gasteiger partial charge in [-0.15, -0.1) is 11.3 Å². The number of amides is 2. The summed E-state index contributed by atoms with van der Waals surface area (Å²) < 4.78 is 0. The van der Waals surface area contributed by atoms with Gasteiger partial charge in [-0.1, -0.05) is 0 Å². The number of carboxylic acid groups (broad SMARTS) is 1. The van der Waals surface area contributed by atoms with Gasteiger partial charge in [-0.25, -0.2) is 9.78 Å². The molecule has 0 unspecified atom stereocenters. The third-order valence-corrected chi connectivity index (χ3v) is 2.63. The third-order valence-electron chi connectivity index (χ3n) is 1.81. The molecule has 0 aliphatic rings. The van der Waals surface area contributed by atoms with Crippen LogP contribution < -0.4 is 5.32 Å². The number of aryl methyl sites for hydroxylation is 1. The Kier molecular flexibility index (Phi) is 4.24. The van der Waals surface area contributed by atoms with E-state index >= 15 is 0 Å². The normalized spacial score (nSPS) is 9.88. The second-order valence-electron chi connectivity index (χ2n) is 3.27. The summed E-state index contributed by atoms with van der Waals surface area (Å²) in [6, 6.07) is -0.423. The van der Waals surface area contributed by atoms with Crippen molar-refractivity contribution in [3.63, 3.8) is 0 Å². The maximum absolute atomic E-state index is 11.4. The SMILES string of the molecule is Cc1nc(CNC(=O)N(C)CC(=O)O)cs1. The van der Waals surface area contributed by atoms with E-state index in [9.17, 15) is 9.59 Å². The quantitative estimate of drug-likeness (QED) is 0.814. The molecule has 0 aliphatic heterocycles. The first-order chi connectivity index (χ1) is 7.49. The Bertz CT molecular complexity index is 391. The largest absolute Gasteiger partial charge is 0.480 e. The number of carboxylic acids is 1. The molecule has 0 saturated carbocycles. The van der Waals surface area contributed by atoms with E-state index < -0.39 is 12.0 Å². The number of rotatable bonds is 4. The van der Waals surface area contributed by atoms with Crippen molar-refractivity contribution in [3.05, 3.63) is 16.1 Å². The summed E-state index contributed by atoms with van der Waals surface area (Å²) in [5.41, 5.74) is 0.777. The van der Waals surface area contributed by atoms with Gasteiger partial charge < -0.3 is 15.3 Å². The molecule has 0 bridgehead atoms. The molecule has 0 aromatic carbocycles. The highest BCUT2D eigenvalue weighted by molar-refractivity contribution is 7.09. The van der Waals surface area contributed by atoms with E-state index in [-0.39, 0.29) is 6.54 Å². The highest BCUT2D eigenvalue weighted by atomic mass is 32.1. The number of carbonyl (C=O) groups is 2. The van der Waals surface area contributed by atoms with Gasteiger partial charge >= 0.3 is 12.0 Å². The van der Waals surface area contributed by atoms with Crippen molar-refractivity contribution in [1.29, 1.82) is 0 Å². The Morgan fingerprint density at radius 3 is 2.81 bits per heavy atom. The number of likely N-dealkylation sites (N-methyl/N-ethyl adjacent to an activating group) is 1. The molecule has 0 aliphatic carbocycles. The van der Waals surface area contributed by atoms with Gasteiger partial charge in [0, 0.05) is 12.4 Å². The maximum atomic E-state index is 11.4. The zero-order valence-electron chi connectivity index (χ0n) is 9.06. The molecule has 1 rings (SSSR count). The molecule has 0 fully saturated rings. The van der Waals surface area contributed by atoms with Crippen molar-refractivity contribution in [1.82, 2.24) is 15.2 Å². The summed E-state index contributed by atoms with van der Waals surface area (Å²) >= 11 is 1.50. The Morgan fingerprint density at radius 1 is 1.62 bits per heavy atom. The van der Waals surface area contributed by atoms with E-state index in [1.165, 1.54) is 18.4 Å². The molecule has 16 heavy (non-hydrogen) atoms. The highest BCUT2D eigenvalue weighted by Gasteiger charge is 2.11. The third kappa shape index (κ3) is 3.85. The van der Waals surface area contributed by atoms with Crippen LogP contribution in [0.25, 0.3) is 0 Å². The summed E-state index contributed by atoms with van der Waals surface area (Å²) in [6.45, 7) is 1.88. The van der Waals surface area contributed by atoms with Gasteiger partial charge in [-0.3, -0.25) is 4.79 Å². The average Bonchev–Trinajstić information content (AvgIpc) is 2.59. The standard InChI is InChI=1S/C9H13N3O3S/c1-6-11-7(5-16-6)3-10-9(15)12(2)4-8(13)14/h5H,3-4H2,1-2H3,(H,10,15)(H,13,14). The van der Waals surface area contributed by atoms with Crippen molar-refractivity contribution in [2.75, 3.05) is 13.6 Å². The molecule has 1 aromatic heterocycles. The molecule has 2 amide bonds. The molecular formula is C9H13N3O3S. The number of nitrogens with zero attached hydrogens (tertiary/aromatic N) is 2. The molecule has 88 valence electrons. The van der Waals surface area contributed by atoms with Crippen LogP contribution in [0.15, 0.2) is 5.38 Å². The van der Waals surface area contributed by atoms with E-state index in [0.717, 1.165) is 15.6 Å². The first kappa shape index (κ1) is 12.4. The summed E-state index contributed by atoms with van der Waals surface area (Å²) in [5.74, 6) is -1.04. The second kappa shape index (κ2) is 5.45. The molecule has 0 atom stereocenters. The Hall–Kier alpha value is -1.63. The van der Waals surface area contributed by atoms with Crippen LogP contribution in [0.3, 0.4) is 0 Å². The van der Waals surface area contributed by atoms with Crippen molar-refractivity contribution in [2.24, 2.45) is 0 Å². The van der Waals surface area contributed by atoms with Gasteiger partial charge in [0.1, 0.15) is 6.54 Å². The number of nitrogens with one attached hydrogen (secondary N) is 1. The monoisotopic (exact) mass is 243 g/mol. The van der Waals surface area contributed by atoms with Gasteiger partial charge in [0.25, 0.3) is 0 Å². The molecule has 0 radical (unpaired) electrons. The van der Waals surface area contributed by atoms with Crippen LogP contribution in [0.5, 0.6) is 0 Å². The number of aromatic nitrogens is 1. The predicted molar refractivity (Wildman–Crippen MR) is 59.4 cm³/mol. The molecule has 1 heterocycles. The fraction of sp³-hybridized carbons (Fsp3) is 0.444. The van der Waals surface area contributed by atoms with Crippen LogP contribution in [0.2, 0.25) is 0 Å². The number of urea groups is 1. The molecule has 6 nitrogen and oxygen atoms in total. The Labute approximate surface area is 96.9 Å². The Morgan fingerprint density at radius 2 is 2.31 bits per heavy atom. The van der Waals surface area contributed by atoms with Crippen LogP contribution >= 0.6 is 11.3 Å². The van der Waals surface area contributed by atoms with Crippen LogP contribution in [-0.2, 0) is 11.3 Å². The van der Waals surface area contributed by atoms with E-state index in [0.29, 0.717) is 6.54 Å². The van der Waals surface area contributed by atoms with Crippen molar-refractivity contribution < 1.29 is 14.7 Å². The average molecular weight is 243 g/mol. The summed E-state index contributed by atoms with van der Waals surface area (Å²) in [7, 11) is 1.43. The lowest BCUT2D eigenvalue weighted by molar-refractivity contribution is -0.137. The van der Waals surface area contributed by atoms with Crippen molar-refractivity contribution in [2.45, 2.75) is 13.5 Å². The van der Waals surface area contributed by atoms with E-state index in [1.54, 1.807) is 0 Å². The molecular weight excluding hydrogens is 230 g/mol. The van der Waals surface area contributed by atoms with Crippen molar-refractivity contribution >= 4 is 23.3 Å². The lowest BCUT2D eigenvalue weighted by Gasteiger charge is -2.14. The topological polar surface area (TPSA) is 82.5 Å². The molecule has 2 N–H and O–H groups in total. The van der Waals surface area contributed by atoms with Gasteiger partial charge in [0.2, 0.25) is 0 Å². The minimum Gasteiger partial charge on any atom is -0.480 e. The number of aliphatic carboxylic acids is 1. The van der Waals surface area contributed by atoms with Crippen LogP contribution in [0.1, 0.15) is 10.7 Å². The van der Waals surface area contributed by atoms with Crippen LogP contribution in [0.4, 0.5) is 4.79 Å².